The number of likely N-dealkylation sites (tertiary alicyclic amines) is 1. The number of aromatic nitrogens is 4. The van der Waals surface area contributed by atoms with Gasteiger partial charge in [0.25, 0.3) is 11.5 Å². The Morgan fingerprint density at radius 3 is 2.94 bits per heavy atom. The first-order valence-corrected chi connectivity index (χ1v) is 11.6. The van der Waals surface area contributed by atoms with Crippen LogP contribution in [0.4, 0.5) is 0 Å². The number of aryl methyl sites for hydroxylation is 1. The molecule has 0 aromatic carbocycles. The maximum absolute atomic E-state index is 13.1. The zero-order valence-electron chi connectivity index (χ0n) is 18.9. The molecule has 1 fully saturated rings. The van der Waals surface area contributed by atoms with Crippen molar-refractivity contribution in [2.45, 2.75) is 71.5 Å². The van der Waals surface area contributed by atoms with Gasteiger partial charge in [-0.25, -0.2) is 9.50 Å². The Morgan fingerprint density at radius 1 is 1.31 bits per heavy atom. The molecular weight excluding hydrogens is 408 g/mol. The molecule has 1 atom stereocenters. The number of hydrogen-bond acceptors (Lipinski definition) is 6. The first kappa shape index (κ1) is 20.9. The molecule has 3 aromatic heterocycles. The second-order valence-electron chi connectivity index (χ2n) is 9.15. The first-order valence-electron chi connectivity index (χ1n) is 11.6. The fourth-order valence-corrected chi connectivity index (χ4v) is 4.90. The van der Waals surface area contributed by atoms with E-state index in [1.165, 1.54) is 4.52 Å². The molecule has 1 saturated heterocycles. The van der Waals surface area contributed by atoms with Gasteiger partial charge in [-0.1, -0.05) is 12.1 Å². The summed E-state index contributed by atoms with van der Waals surface area (Å²) in [6.07, 6.45) is 4.13. The highest BCUT2D eigenvalue weighted by Gasteiger charge is 2.34. The third-order valence-corrected chi connectivity index (χ3v) is 6.69. The van der Waals surface area contributed by atoms with Crippen LogP contribution in [0.3, 0.4) is 0 Å². The van der Waals surface area contributed by atoms with Crippen LogP contribution in [0.2, 0.25) is 0 Å². The Morgan fingerprint density at radius 2 is 2.16 bits per heavy atom. The van der Waals surface area contributed by atoms with Gasteiger partial charge in [0, 0.05) is 49.8 Å². The van der Waals surface area contributed by atoms with Crippen molar-refractivity contribution in [1.82, 2.24) is 29.6 Å². The average molecular weight is 439 g/mol. The summed E-state index contributed by atoms with van der Waals surface area (Å²) in [6, 6.07) is 3.93. The maximum atomic E-state index is 13.1. The lowest BCUT2D eigenvalue weighted by atomic mass is 10.1. The molecule has 0 saturated carbocycles. The first-order chi connectivity index (χ1) is 15.5. The van der Waals surface area contributed by atoms with Crippen molar-refractivity contribution in [3.8, 4) is 0 Å². The molecule has 2 aliphatic rings. The lowest BCUT2D eigenvalue weighted by Gasteiger charge is -2.30. The van der Waals surface area contributed by atoms with Crippen LogP contribution in [0, 0.1) is 0 Å². The molecule has 0 spiro atoms. The molecule has 0 aliphatic carbocycles. The van der Waals surface area contributed by atoms with Crippen LogP contribution in [0.15, 0.2) is 21.5 Å². The quantitative estimate of drug-likeness (QED) is 0.658. The molecule has 5 heterocycles. The van der Waals surface area contributed by atoms with Crippen molar-refractivity contribution < 1.29 is 9.32 Å². The summed E-state index contributed by atoms with van der Waals surface area (Å²) in [5.74, 6) is 0.596. The van der Waals surface area contributed by atoms with Crippen LogP contribution in [0.1, 0.15) is 79.3 Å². The monoisotopic (exact) mass is 438 g/mol. The number of fused-ring (bicyclic) bond motifs is 2. The number of carbonyl (C=O) groups is 1. The van der Waals surface area contributed by atoms with E-state index in [0.29, 0.717) is 36.9 Å². The van der Waals surface area contributed by atoms with E-state index < -0.39 is 0 Å². The van der Waals surface area contributed by atoms with E-state index in [9.17, 15) is 9.59 Å². The molecule has 1 amide bonds. The number of H-pyrrole nitrogens is 1. The molecule has 3 aromatic rings. The van der Waals surface area contributed by atoms with E-state index >= 15 is 0 Å². The Kier molecular flexibility index (Phi) is 5.36. The number of rotatable bonds is 5. The van der Waals surface area contributed by atoms with Crippen LogP contribution in [-0.4, -0.2) is 54.6 Å². The number of hydrogen-bond donors (Lipinski definition) is 1. The maximum Gasteiger partial charge on any atom is 0.276 e. The smallest absolute Gasteiger partial charge is 0.276 e. The van der Waals surface area contributed by atoms with E-state index in [4.69, 9.17) is 9.51 Å². The van der Waals surface area contributed by atoms with Crippen LogP contribution >= 0.6 is 0 Å². The Labute approximate surface area is 186 Å². The molecule has 9 heteroatoms. The van der Waals surface area contributed by atoms with Crippen molar-refractivity contribution in [2.24, 2.45) is 0 Å². The highest BCUT2D eigenvalue weighted by atomic mass is 16.5. The van der Waals surface area contributed by atoms with Crippen LogP contribution in [0.5, 0.6) is 0 Å². The predicted molar refractivity (Wildman–Crippen MR) is 119 cm³/mol. The summed E-state index contributed by atoms with van der Waals surface area (Å²) in [5.41, 5.74) is 3.41. The van der Waals surface area contributed by atoms with E-state index in [0.717, 1.165) is 54.9 Å². The summed E-state index contributed by atoms with van der Waals surface area (Å²) in [5, 5.41) is 7.23. The minimum absolute atomic E-state index is 0.0313. The second kappa shape index (κ2) is 8.20. The van der Waals surface area contributed by atoms with Crippen molar-refractivity contribution in [1.29, 1.82) is 0 Å². The van der Waals surface area contributed by atoms with Gasteiger partial charge in [-0.3, -0.25) is 19.6 Å². The van der Waals surface area contributed by atoms with Gasteiger partial charge in [-0.15, -0.1) is 0 Å². The van der Waals surface area contributed by atoms with Gasteiger partial charge in [0.1, 0.15) is 5.76 Å². The molecule has 32 heavy (non-hydrogen) atoms. The topological polar surface area (TPSA) is 99.7 Å². The van der Waals surface area contributed by atoms with E-state index in [1.54, 1.807) is 6.07 Å². The summed E-state index contributed by atoms with van der Waals surface area (Å²) >= 11 is 0. The van der Waals surface area contributed by atoms with E-state index in [1.807, 2.05) is 11.0 Å². The largest absolute Gasteiger partial charge is 0.361 e. The van der Waals surface area contributed by atoms with Crippen LogP contribution < -0.4 is 5.56 Å². The Bertz CT molecular complexity index is 1210. The Balaban J connectivity index is 1.45. The fraction of sp³-hybridized carbons (Fsp3) is 0.565. The van der Waals surface area contributed by atoms with Gasteiger partial charge in [-0.2, -0.15) is 0 Å². The summed E-state index contributed by atoms with van der Waals surface area (Å²) in [4.78, 5) is 35.3. The highest BCUT2D eigenvalue weighted by Crippen LogP contribution is 2.33. The van der Waals surface area contributed by atoms with Crippen molar-refractivity contribution in [2.75, 3.05) is 13.1 Å². The minimum Gasteiger partial charge on any atom is -0.361 e. The second-order valence-corrected chi connectivity index (χ2v) is 9.15. The summed E-state index contributed by atoms with van der Waals surface area (Å²) < 4.78 is 6.85. The number of nitrogens with zero attached hydrogens (tertiary/aromatic N) is 5. The van der Waals surface area contributed by atoms with Gasteiger partial charge in [0.15, 0.2) is 11.3 Å². The van der Waals surface area contributed by atoms with Crippen molar-refractivity contribution in [3.63, 3.8) is 0 Å². The molecule has 0 radical (unpaired) electrons. The highest BCUT2D eigenvalue weighted by molar-refractivity contribution is 5.92. The molecule has 5 rings (SSSR count). The molecule has 1 unspecified atom stereocenters. The Hall–Kier alpha value is -2.94. The normalized spacial score (nSPS) is 19.2. The van der Waals surface area contributed by atoms with Crippen LogP contribution in [-0.2, 0) is 19.4 Å². The van der Waals surface area contributed by atoms with Crippen molar-refractivity contribution >= 4 is 11.6 Å². The standard InChI is InChI=1S/C23H30N6O3/c1-4-6-15-11-18(26-32-15)23(31)28-9-5-7-20(28)17-12-21-24-19-13-27(14(2)3)10-8-16(19)22(30)29(21)25-17/h11-12,14,20,25H,4-10,13H2,1-3H3. The zero-order valence-corrected chi connectivity index (χ0v) is 18.9. The van der Waals surface area contributed by atoms with Crippen molar-refractivity contribution in [3.05, 3.63) is 50.9 Å². The van der Waals surface area contributed by atoms with Gasteiger partial charge in [0.05, 0.1) is 17.4 Å². The van der Waals surface area contributed by atoms with Crippen LogP contribution in [0.25, 0.3) is 5.65 Å². The number of nitrogens with one attached hydrogen (secondary N) is 1. The molecule has 0 bridgehead atoms. The number of aromatic amines is 1. The number of carbonyl (C=O) groups excluding carboxylic acids is 1. The number of amides is 1. The minimum atomic E-state index is -0.140. The molecule has 170 valence electrons. The van der Waals surface area contributed by atoms with Gasteiger partial charge >= 0.3 is 0 Å². The molecule has 9 nitrogen and oxygen atoms in total. The third kappa shape index (κ3) is 3.54. The summed E-state index contributed by atoms with van der Waals surface area (Å²) in [6.45, 7) is 8.60. The lowest BCUT2D eigenvalue weighted by Crippen LogP contribution is -2.39. The lowest BCUT2D eigenvalue weighted by molar-refractivity contribution is 0.0722. The summed E-state index contributed by atoms with van der Waals surface area (Å²) in [7, 11) is 0. The predicted octanol–water partition coefficient (Wildman–Crippen LogP) is 2.71. The fourth-order valence-electron chi connectivity index (χ4n) is 4.90. The van der Waals surface area contributed by atoms with Gasteiger partial charge < -0.3 is 9.42 Å². The third-order valence-electron chi connectivity index (χ3n) is 6.69. The van der Waals surface area contributed by atoms with E-state index in [-0.39, 0.29) is 17.5 Å². The van der Waals surface area contributed by atoms with Gasteiger partial charge in [0.2, 0.25) is 0 Å². The van der Waals surface area contributed by atoms with E-state index in [2.05, 4.69) is 35.9 Å². The average Bonchev–Trinajstić information content (AvgIpc) is 3.52. The molecule has 2 aliphatic heterocycles. The SMILES string of the molecule is CCCc1cc(C(=O)N2CCCC2c2cc3nc4c(c(=O)n3[nH]2)CCN(C(C)C)C4)no1. The molecule has 1 N–H and O–H groups in total. The zero-order chi connectivity index (χ0) is 22.4. The van der Waals surface area contributed by atoms with Gasteiger partial charge in [-0.05, 0) is 39.5 Å². The molecular formula is C23H30N6O3.